The maximum Gasteiger partial charge on any atom is 0.290 e. The fourth-order valence-corrected chi connectivity index (χ4v) is 4.11. The van der Waals surface area contributed by atoms with Gasteiger partial charge in [0.05, 0.1) is 21.9 Å². The summed E-state index contributed by atoms with van der Waals surface area (Å²) >= 11 is 0. The SMILES string of the molecule is CCN(CC)CCN1C(=O)c2oc3ccccc3c(=O)c2[C@H]1c1ccc([N+](=O)[O-])cc1. The van der Waals surface area contributed by atoms with Crippen molar-refractivity contribution < 1.29 is 14.1 Å². The molecule has 1 aromatic heterocycles. The molecule has 0 aliphatic carbocycles. The molecule has 0 bridgehead atoms. The van der Waals surface area contributed by atoms with Crippen molar-refractivity contribution in [3.05, 3.63) is 85.8 Å². The van der Waals surface area contributed by atoms with Crippen molar-refractivity contribution >= 4 is 22.6 Å². The van der Waals surface area contributed by atoms with Gasteiger partial charge < -0.3 is 14.2 Å². The summed E-state index contributed by atoms with van der Waals surface area (Å²) < 4.78 is 5.89. The molecular weight excluding hydrogens is 398 g/mol. The molecule has 0 fully saturated rings. The Morgan fingerprint density at radius 3 is 2.39 bits per heavy atom. The van der Waals surface area contributed by atoms with Crippen LogP contribution in [-0.2, 0) is 0 Å². The van der Waals surface area contributed by atoms with Crippen LogP contribution in [0.1, 0.15) is 41.6 Å². The summed E-state index contributed by atoms with van der Waals surface area (Å²) in [7, 11) is 0. The summed E-state index contributed by atoms with van der Waals surface area (Å²) in [5, 5.41) is 11.5. The van der Waals surface area contributed by atoms with E-state index < -0.39 is 11.0 Å². The molecule has 1 aliphatic heterocycles. The van der Waals surface area contributed by atoms with Crippen LogP contribution in [0.3, 0.4) is 0 Å². The number of para-hydroxylation sites is 1. The third-order valence-corrected chi connectivity index (χ3v) is 5.84. The van der Waals surface area contributed by atoms with E-state index in [2.05, 4.69) is 18.7 Å². The summed E-state index contributed by atoms with van der Waals surface area (Å²) in [5.74, 6) is -0.292. The molecule has 0 radical (unpaired) electrons. The first-order valence-corrected chi connectivity index (χ1v) is 10.3. The number of hydrogen-bond donors (Lipinski definition) is 0. The quantitative estimate of drug-likeness (QED) is 0.427. The second-order valence-electron chi connectivity index (χ2n) is 7.45. The number of likely N-dealkylation sites (N-methyl/N-ethyl adjacent to an activating group) is 1. The number of nitro benzene ring substituents is 1. The van der Waals surface area contributed by atoms with Gasteiger partial charge in [0.25, 0.3) is 11.6 Å². The number of carbonyl (C=O) groups excluding carboxylic acids is 1. The van der Waals surface area contributed by atoms with E-state index in [1.54, 1.807) is 41.3 Å². The number of rotatable bonds is 7. The van der Waals surface area contributed by atoms with Gasteiger partial charge in [-0.2, -0.15) is 0 Å². The van der Waals surface area contributed by atoms with Crippen LogP contribution in [0.5, 0.6) is 0 Å². The average molecular weight is 421 g/mol. The number of amides is 1. The second-order valence-corrected chi connectivity index (χ2v) is 7.45. The minimum atomic E-state index is -0.653. The molecule has 0 saturated heterocycles. The van der Waals surface area contributed by atoms with E-state index in [1.807, 2.05) is 0 Å². The molecule has 1 aliphatic rings. The number of fused-ring (bicyclic) bond motifs is 2. The zero-order chi connectivity index (χ0) is 22.1. The molecule has 0 unspecified atom stereocenters. The van der Waals surface area contributed by atoms with E-state index in [0.717, 1.165) is 13.1 Å². The van der Waals surface area contributed by atoms with Crippen molar-refractivity contribution in [1.82, 2.24) is 9.80 Å². The highest BCUT2D eigenvalue weighted by Gasteiger charge is 2.42. The molecule has 3 aromatic rings. The molecular formula is C23H23N3O5. The molecule has 0 spiro atoms. The first-order chi connectivity index (χ1) is 15.0. The summed E-state index contributed by atoms with van der Waals surface area (Å²) in [5.41, 5.74) is 0.997. The summed E-state index contributed by atoms with van der Waals surface area (Å²) in [6, 6.07) is 12.2. The third kappa shape index (κ3) is 3.59. The van der Waals surface area contributed by atoms with Crippen molar-refractivity contribution in [2.24, 2.45) is 0 Å². The Labute approximate surface area is 178 Å². The fourth-order valence-electron chi connectivity index (χ4n) is 4.11. The number of benzene rings is 2. The Kier molecular flexibility index (Phi) is 5.56. The highest BCUT2D eigenvalue weighted by Crippen LogP contribution is 2.38. The van der Waals surface area contributed by atoms with E-state index in [-0.39, 0.29) is 28.3 Å². The summed E-state index contributed by atoms with van der Waals surface area (Å²) in [4.78, 5) is 41.1. The smallest absolute Gasteiger partial charge is 0.290 e. The van der Waals surface area contributed by atoms with E-state index in [9.17, 15) is 19.7 Å². The third-order valence-electron chi connectivity index (χ3n) is 5.84. The average Bonchev–Trinajstić information content (AvgIpc) is 3.06. The van der Waals surface area contributed by atoms with Gasteiger partial charge in [0, 0.05) is 25.2 Å². The van der Waals surface area contributed by atoms with Gasteiger partial charge in [-0.1, -0.05) is 26.0 Å². The standard InChI is InChI=1S/C23H23N3O5/c1-3-24(4-2)13-14-25-20(15-9-11-16(12-10-15)26(29)30)19-21(27)17-7-5-6-8-18(17)31-22(19)23(25)28/h5-12,20H,3-4,13-14H2,1-2H3/t20-/m1/s1. The molecule has 2 aromatic carbocycles. The molecule has 8 nitrogen and oxygen atoms in total. The lowest BCUT2D eigenvalue weighted by atomic mass is 9.98. The lowest BCUT2D eigenvalue weighted by molar-refractivity contribution is -0.384. The van der Waals surface area contributed by atoms with Crippen LogP contribution in [0.25, 0.3) is 11.0 Å². The van der Waals surface area contributed by atoms with Crippen molar-refractivity contribution in [1.29, 1.82) is 0 Å². The highest BCUT2D eigenvalue weighted by molar-refractivity contribution is 5.99. The molecule has 0 N–H and O–H groups in total. The Morgan fingerprint density at radius 2 is 1.74 bits per heavy atom. The summed E-state index contributed by atoms with van der Waals surface area (Å²) in [6.45, 7) is 6.83. The van der Waals surface area contributed by atoms with Gasteiger partial charge in [-0.05, 0) is 42.9 Å². The molecule has 31 heavy (non-hydrogen) atoms. The van der Waals surface area contributed by atoms with Gasteiger partial charge in [-0.15, -0.1) is 0 Å². The first kappa shape index (κ1) is 20.7. The van der Waals surface area contributed by atoms with Crippen molar-refractivity contribution in [2.45, 2.75) is 19.9 Å². The van der Waals surface area contributed by atoms with Gasteiger partial charge >= 0.3 is 0 Å². The first-order valence-electron chi connectivity index (χ1n) is 10.3. The largest absolute Gasteiger partial charge is 0.450 e. The minimum Gasteiger partial charge on any atom is -0.450 e. The Hall–Kier alpha value is -3.52. The highest BCUT2D eigenvalue weighted by atomic mass is 16.6. The van der Waals surface area contributed by atoms with Crippen LogP contribution >= 0.6 is 0 Å². The predicted octanol–water partition coefficient (Wildman–Crippen LogP) is 3.59. The van der Waals surface area contributed by atoms with Crippen LogP contribution < -0.4 is 5.43 Å². The molecule has 160 valence electrons. The molecule has 1 amide bonds. The van der Waals surface area contributed by atoms with Crippen molar-refractivity contribution in [2.75, 3.05) is 26.2 Å². The number of non-ortho nitro benzene ring substituents is 1. The van der Waals surface area contributed by atoms with Gasteiger partial charge in [0.15, 0.2) is 5.43 Å². The van der Waals surface area contributed by atoms with Crippen LogP contribution in [-0.4, -0.2) is 46.8 Å². The van der Waals surface area contributed by atoms with E-state index in [0.29, 0.717) is 29.6 Å². The molecule has 8 heteroatoms. The molecule has 0 saturated carbocycles. The Morgan fingerprint density at radius 1 is 1.06 bits per heavy atom. The van der Waals surface area contributed by atoms with E-state index in [4.69, 9.17) is 4.42 Å². The van der Waals surface area contributed by atoms with Gasteiger partial charge in [0.2, 0.25) is 5.76 Å². The zero-order valence-corrected chi connectivity index (χ0v) is 17.4. The summed E-state index contributed by atoms with van der Waals surface area (Å²) in [6.07, 6.45) is 0. The van der Waals surface area contributed by atoms with Crippen LogP contribution in [0.4, 0.5) is 5.69 Å². The fraction of sp³-hybridized carbons (Fsp3) is 0.304. The van der Waals surface area contributed by atoms with Gasteiger partial charge in [-0.3, -0.25) is 19.7 Å². The normalized spacial score (nSPS) is 15.6. The number of nitrogens with zero attached hydrogens (tertiary/aromatic N) is 3. The number of nitro groups is 1. The number of carbonyl (C=O) groups is 1. The lowest BCUT2D eigenvalue weighted by Gasteiger charge is -2.28. The van der Waals surface area contributed by atoms with Gasteiger partial charge in [-0.25, -0.2) is 0 Å². The molecule has 1 atom stereocenters. The second kappa shape index (κ2) is 8.31. The Bertz CT molecular complexity index is 1200. The molecule has 2 heterocycles. The zero-order valence-electron chi connectivity index (χ0n) is 17.4. The predicted molar refractivity (Wildman–Crippen MR) is 116 cm³/mol. The van der Waals surface area contributed by atoms with Crippen LogP contribution in [0.2, 0.25) is 0 Å². The van der Waals surface area contributed by atoms with Crippen molar-refractivity contribution in [3.63, 3.8) is 0 Å². The topological polar surface area (TPSA) is 96.9 Å². The monoisotopic (exact) mass is 421 g/mol. The van der Waals surface area contributed by atoms with E-state index in [1.165, 1.54) is 12.1 Å². The van der Waals surface area contributed by atoms with Crippen LogP contribution in [0, 0.1) is 10.1 Å². The maximum absolute atomic E-state index is 13.4. The van der Waals surface area contributed by atoms with Crippen molar-refractivity contribution in [3.8, 4) is 0 Å². The number of hydrogen-bond acceptors (Lipinski definition) is 6. The lowest BCUT2D eigenvalue weighted by Crippen LogP contribution is -2.37. The maximum atomic E-state index is 13.4. The van der Waals surface area contributed by atoms with E-state index >= 15 is 0 Å². The minimum absolute atomic E-state index is 0.0477. The molecule has 4 rings (SSSR count). The van der Waals surface area contributed by atoms with Crippen LogP contribution in [0.15, 0.2) is 57.7 Å². The van der Waals surface area contributed by atoms with Gasteiger partial charge in [0.1, 0.15) is 5.58 Å². The Balaban J connectivity index is 1.85.